The maximum absolute atomic E-state index is 11.6. The number of ether oxygens (including phenoxy) is 1. The van der Waals surface area contributed by atoms with Crippen LogP contribution in [0.3, 0.4) is 0 Å². The lowest BCUT2D eigenvalue weighted by Crippen LogP contribution is -2.10. The molecule has 0 fully saturated rings. The third kappa shape index (κ3) is 4.03. The number of nitrogens with two attached hydrogens (primary N) is 1. The van der Waals surface area contributed by atoms with Crippen LogP contribution in [0.5, 0.6) is 11.5 Å². The molecule has 21 heavy (non-hydrogen) atoms. The van der Waals surface area contributed by atoms with E-state index in [4.69, 9.17) is 22.7 Å². The van der Waals surface area contributed by atoms with Crippen molar-refractivity contribution >= 4 is 43.0 Å². The van der Waals surface area contributed by atoms with Gasteiger partial charge in [0.05, 0.1) is 10.5 Å². The van der Waals surface area contributed by atoms with Crippen molar-refractivity contribution in [3.8, 4) is 11.5 Å². The Hall–Kier alpha value is -1.44. The fourth-order valence-electron chi connectivity index (χ4n) is 1.68. The first-order valence-electron chi connectivity index (χ1n) is 5.85. The van der Waals surface area contributed by atoms with Crippen LogP contribution in [0.15, 0.2) is 51.8 Å². The molecule has 0 amide bonds. The van der Waals surface area contributed by atoms with Crippen molar-refractivity contribution in [1.82, 2.24) is 0 Å². The normalized spacial score (nSPS) is 11.1. The fraction of sp³-hybridized carbons (Fsp3) is 0.0714. The molecule has 0 heterocycles. The van der Waals surface area contributed by atoms with Crippen LogP contribution in [-0.4, -0.2) is 19.7 Å². The standard InChI is InChI=1S/C14H12BrNO3S2/c1-21(17,18)11-4-2-3-10(8-11)19-13-7-9(15)5-6-12(13)14(16)20/h2-8H,1H3,(H2,16,20). The van der Waals surface area contributed by atoms with Gasteiger partial charge in [-0.05, 0) is 36.4 Å². The maximum Gasteiger partial charge on any atom is 0.175 e. The Labute approximate surface area is 137 Å². The first kappa shape index (κ1) is 15.9. The topological polar surface area (TPSA) is 69.4 Å². The molecule has 0 unspecified atom stereocenters. The van der Waals surface area contributed by atoms with Crippen molar-refractivity contribution in [2.75, 3.05) is 6.26 Å². The highest BCUT2D eigenvalue weighted by atomic mass is 79.9. The highest BCUT2D eigenvalue weighted by Crippen LogP contribution is 2.29. The minimum absolute atomic E-state index is 0.187. The SMILES string of the molecule is CS(=O)(=O)c1cccc(Oc2cc(Br)ccc2C(N)=S)c1. The molecule has 2 N–H and O–H groups in total. The molecule has 0 saturated carbocycles. The third-order valence-electron chi connectivity index (χ3n) is 2.67. The first-order chi connectivity index (χ1) is 9.77. The molecule has 0 aliphatic rings. The lowest BCUT2D eigenvalue weighted by Gasteiger charge is -2.11. The summed E-state index contributed by atoms with van der Waals surface area (Å²) in [5.74, 6) is 0.857. The van der Waals surface area contributed by atoms with E-state index in [1.807, 2.05) is 0 Å². The fourth-order valence-corrected chi connectivity index (χ4v) is 2.84. The van der Waals surface area contributed by atoms with Crippen molar-refractivity contribution in [1.29, 1.82) is 0 Å². The zero-order valence-electron chi connectivity index (χ0n) is 11.0. The Bertz CT molecular complexity index is 804. The van der Waals surface area contributed by atoms with Crippen LogP contribution in [0.1, 0.15) is 5.56 Å². The van der Waals surface area contributed by atoms with Crippen molar-refractivity contribution in [3.05, 3.63) is 52.5 Å². The van der Waals surface area contributed by atoms with Gasteiger partial charge < -0.3 is 10.5 Å². The predicted molar refractivity (Wildman–Crippen MR) is 89.7 cm³/mol. The quantitative estimate of drug-likeness (QED) is 0.817. The Morgan fingerprint density at radius 1 is 1.24 bits per heavy atom. The second-order valence-corrected chi connectivity index (χ2v) is 7.73. The van der Waals surface area contributed by atoms with Gasteiger partial charge in [0.25, 0.3) is 0 Å². The zero-order valence-corrected chi connectivity index (χ0v) is 14.3. The van der Waals surface area contributed by atoms with E-state index in [9.17, 15) is 8.42 Å². The van der Waals surface area contributed by atoms with Crippen LogP contribution in [0.4, 0.5) is 0 Å². The minimum atomic E-state index is -3.29. The van der Waals surface area contributed by atoms with Crippen molar-refractivity contribution < 1.29 is 13.2 Å². The van der Waals surface area contributed by atoms with Crippen LogP contribution >= 0.6 is 28.1 Å². The van der Waals surface area contributed by atoms with Gasteiger partial charge in [0.2, 0.25) is 0 Å². The number of hydrogen-bond acceptors (Lipinski definition) is 4. The van der Waals surface area contributed by atoms with E-state index >= 15 is 0 Å². The molecule has 0 bridgehead atoms. The molecule has 0 aromatic heterocycles. The van der Waals surface area contributed by atoms with Crippen LogP contribution in [0.2, 0.25) is 0 Å². The summed E-state index contributed by atoms with van der Waals surface area (Å²) in [4.78, 5) is 0.392. The van der Waals surface area contributed by atoms with Gasteiger partial charge in [0.1, 0.15) is 16.5 Å². The van der Waals surface area contributed by atoms with Gasteiger partial charge in [0, 0.05) is 10.7 Å². The summed E-state index contributed by atoms with van der Waals surface area (Å²) in [6.07, 6.45) is 1.14. The van der Waals surface area contributed by atoms with Gasteiger partial charge in [0.15, 0.2) is 9.84 Å². The molecule has 110 valence electrons. The summed E-state index contributed by atoms with van der Waals surface area (Å²) in [5, 5.41) is 0. The minimum Gasteiger partial charge on any atom is -0.457 e. The third-order valence-corrected chi connectivity index (χ3v) is 4.49. The molecule has 2 aromatic rings. The van der Waals surface area contributed by atoms with Gasteiger partial charge in [-0.3, -0.25) is 0 Å². The number of thiocarbonyl (C=S) groups is 1. The average molecular weight is 386 g/mol. The number of halogens is 1. The van der Waals surface area contributed by atoms with E-state index in [2.05, 4.69) is 15.9 Å². The summed E-state index contributed by atoms with van der Waals surface area (Å²) in [6, 6.07) is 11.5. The number of rotatable bonds is 4. The zero-order chi connectivity index (χ0) is 15.6. The molecule has 0 atom stereocenters. The van der Waals surface area contributed by atoms with E-state index in [-0.39, 0.29) is 9.88 Å². The van der Waals surface area contributed by atoms with E-state index in [1.165, 1.54) is 12.1 Å². The highest BCUT2D eigenvalue weighted by Gasteiger charge is 2.11. The van der Waals surface area contributed by atoms with Gasteiger partial charge in [-0.15, -0.1) is 0 Å². The second-order valence-electron chi connectivity index (χ2n) is 4.35. The van der Waals surface area contributed by atoms with Crippen LogP contribution in [-0.2, 0) is 9.84 Å². The molecule has 0 radical (unpaired) electrons. The van der Waals surface area contributed by atoms with Gasteiger partial charge >= 0.3 is 0 Å². The monoisotopic (exact) mass is 385 g/mol. The summed E-state index contributed by atoms with van der Waals surface area (Å²) >= 11 is 8.33. The Balaban J connectivity index is 2.43. The van der Waals surface area contributed by atoms with Crippen LogP contribution in [0.25, 0.3) is 0 Å². The van der Waals surface area contributed by atoms with E-state index < -0.39 is 9.84 Å². The Kier molecular flexibility index (Phi) is 4.65. The molecular weight excluding hydrogens is 374 g/mol. The summed E-state index contributed by atoms with van der Waals surface area (Å²) in [7, 11) is -3.29. The largest absolute Gasteiger partial charge is 0.457 e. The lowest BCUT2D eigenvalue weighted by atomic mass is 10.2. The molecule has 0 aliphatic heterocycles. The van der Waals surface area contributed by atoms with Crippen molar-refractivity contribution in [3.63, 3.8) is 0 Å². The van der Waals surface area contributed by atoms with Crippen molar-refractivity contribution in [2.45, 2.75) is 4.90 Å². The summed E-state index contributed by atoms with van der Waals surface area (Å²) in [5.41, 5.74) is 6.24. The number of benzene rings is 2. The molecule has 7 heteroatoms. The van der Waals surface area contributed by atoms with E-state index in [0.717, 1.165) is 10.7 Å². The van der Waals surface area contributed by atoms with Crippen molar-refractivity contribution in [2.24, 2.45) is 5.73 Å². The molecule has 4 nitrogen and oxygen atoms in total. The van der Waals surface area contributed by atoms with Crippen LogP contribution in [0, 0.1) is 0 Å². The predicted octanol–water partition coefficient (Wildman–Crippen LogP) is 3.28. The molecule has 2 aromatic carbocycles. The lowest BCUT2D eigenvalue weighted by molar-refractivity contribution is 0.479. The Morgan fingerprint density at radius 3 is 2.57 bits per heavy atom. The van der Waals surface area contributed by atoms with Crippen LogP contribution < -0.4 is 10.5 Å². The molecule has 0 saturated heterocycles. The smallest absolute Gasteiger partial charge is 0.175 e. The van der Waals surface area contributed by atoms with Gasteiger partial charge in [-0.1, -0.05) is 34.2 Å². The number of sulfone groups is 1. The summed E-state index contributed by atoms with van der Waals surface area (Å²) in [6.45, 7) is 0. The summed E-state index contributed by atoms with van der Waals surface area (Å²) < 4.78 is 29.7. The average Bonchev–Trinajstić information content (AvgIpc) is 2.37. The second kappa shape index (κ2) is 6.13. The number of hydrogen-bond donors (Lipinski definition) is 1. The van der Waals surface area contributed by atoms with E-state index in [1.54, 1.807) is 30.3 Å². The highest BCUT2D eigenvalue weighted by molar-refractivity contribution is 9.10. The van der Waals surface area contributed by atoms with Gasteiger partial charge in [-0.2, -0.15) is 0 Å². The molecular formula is C14H12BrNO3S2. The molecule has 2 rings (SSSR count). The molecule has 0 aliphatic carbocycles. The van der Waals surface area contributed by atoms with Gasteiger partial charge in [-0.25, -0.2) is 8.42 Å². The first-order valence-corrected chi connectivity index (χ1v) is 8.94. The maximum atomic E-state index is 11.6. The molecule has 0 spiro atoms. The van der Waals surface area contributed by atoms with E-state index in [0.29, 0.717) is 17.1 Å². The Morgan fingerprint density at radius 2 is 1.95 bits per heavy atom.